The van der Waals surface area contributed by atoms with E-state index in [0.717, 1.165) is 12.0 Å². The lowest BCUT2D eigenvalue weighted by Crippen LogP contribution is -2.29. The van der Waals surface area contributed by atoms with E-state index in [1.807, 2.05) is 18.2 Å². The number of hydrogen-bond acceptors (Lipinski definition) is 2. The summed E-state index contributed by atoms with van der Waals surface area (Å²) in [5, 5.41) is 0. The van der Waals surface area contributed by atoms with Gasteiger partial charge < -0.3 is 5.73 Å². The fourth-order valence-electron chi connectivity index (χ4n) is 3.03. The molecule has 1 saturated carbocycles. The SMILES string of the molecule is CC(C)(C)CC(N)CC(=O)c1ccccc1C1CCC1. The van der Waals surface area contributed by atoms with Crippen LogP contribution in [0.1, 0.15) is 74.7 Å². The molecule has 0 radical (unpaired) electrons. The maximum Gasteiger partial charge on any atom is 0.164 e. The van der Waals surface area contributed by atoms with Gasteiger partial charge in [-0.15, -0.1) is 0 Å². The summed E-state index contributed by atoms with van der Waals surface area (Å²) in [5.41, 5.74) is 8.47. The topological polar surface area (TPSA) is 43.1 Å². The molecular weight excluding hydrogens is 246 g/mol. The van der Waals surface area contributed by atoms with Gasteiger partial charge in [0.15, 0.2) is 5.78 Å². The molecule has 0 amide bonds. The lowest BCUT2D eigenvalue weighted by Gasteiger charge is -2.28. The van der Waals surface area contributed by atoms with Crippen molar-refractivity contribution < 1.29 is 4.79 Å². The first-order valence-corrected chi connectivity index (χ1v) is 7.74. The third kappa shape index (κ3) is 3.92. The van der Waals surface area contributed by atoms with E-state index >= 15 is 0 Å². The summed E-state index contributed by atoms with van der Waals surface area (Å²) in [7, 11) is 0. The van der Waals surface area contributed by atoms with Gasteiger partial charge in [0.1, 0.15) is 0 Å². The molecule has 1 aromatic carbocycles. The summed E-state index contributed by atoms with van der Waals surface area (Å²) in [6, 6.07) is 8.05. The van der Waals surface area contributed by atoms with E-state index < -0.39 is 0 Å². The molecule has 2 heteroatoms. The van der Waals surface area contributed by atoms with Gasteiger partial charge in [-0.05, 0) is 36.2 Å². The van der Waals surface area contributed by atoms with Crippen molar-refractivity contribution >= 4 is 5.78 Å². The van der Waals surface area contributed by atoms with Crippen molar-refractivity contribution in [2.75, 3.05) is 0 Å². The number of nitrogens with two attached hydrogens (primary N) is 1. The Labute approximate surface area is 122 Å². The van der Waals surface area contributed by atoms with Gasteiger partial charge in [0.05, 0.1) is 0 Å². The number of carbonyl (C=O) groups is 1. The van der Waals surface area contributed by atoms with Crippen LogP contribution >= 0.6 is 0 Å². The minimum atomic E-state index is -0.0445. The lowest BCUT2D eigenvalue weighted by atomic mass is 9.77. The fraction of sp³-hybridized carbons (Fsp3) is 0.611. The van der Waals surface area contributed by atoms with Crippen LogP contribution in [0.5, 0.6) is 0 Å². The molecule has 0 bridgehead atoms. The highest BCUT2D eigenvalue weighted by atomic mass is 16.1. The van der Waals surface area contributed by atoms with E-state index in [0.29, 0.717) is 12.3 Å². The molecule has 2 nitrogen and oxygen atoms in total. The Morgan fingerprint density at radius 3 is 2.50 bits per heavy atom. The summed E-state index contributed by atoms with van der Waals surface area (Å²) >= 11 is 0. The third-order valence-corrected chi connectivity index (χ3v) is 4.13. The average Bonchev–Trinajstić information content (AvgIpc) is 2.24. The monoisotopic (exact) mass is 273 g/mol. The van der Waals surface area contributed by atoms with Gasteiger partial charge in [-0.2, -0.15) is 0 Å². The summed E-state index contributed by atoms with van der Waals surface area (Å²) < 4.78 is 0. The van der Waals surface area contributed by atoms with Crippen LogP contribution in [0.3, 0.4) is 0 Å². The van der Waals surface area contributed by atoms with Crippen LogP contribution < -0.4 is 5.73 Å². The average molecular weight is 273 g/mol. The molecule has 0 aliphatic heterocycles. The Kier molecular flexibility index (Phi) is 4.64. The van der Waals surface area contributed by atoms with Crippen LogP contribution in [0.25, 0.3) is 0 Å². The standard InChI is InChI=1S/C18H27NO/c1-18(2,3)12-14(19)11-17(20)16-10-5-4-9-15(16)13-7-6-8-13/h4-5,9-10,13-14H,6-8,11-12,19H2,1-3H3. The molecule has 110 valence electrons. The van der Waals surface area contributed by atoms with Crippen molar-refractivity contribution in [2.45, 2.75) is 64.8 Å². The molecular formula is C18H27NO. The number of hydrogen-bond donors (Lipinski definition) is 1. The summed E-state index contributed by atoms with van der Waals surface area (Å²) in [6.45, 7) is 6.50. The van der Waals surface area contributed by atoms with Crippen LogP contribution in [-0.2, 0) is 0 Å². The minimum absolute atomic E-state index is 0.0445. The molecule has 1 aromatic rings. The third-order valence-electron chi connectivity index (χ3n) is 4.13. The van der Waals surface area contributed by atoms with E-state index in [4.69, 9.17) is 5.73 Å². The predicted molar refractivity (Wildman–Crippen MR) is 84.0 cm³/mol. The van der Waals surface area contributed by atoms with Crippen molar-refractivity contribution in [2.24, 2.45) is 11.1 Å². The van der Waals surface area contributed by atoms with Crippen LogP contribution in [0.2, 0.25) is 0 Å². The zero-order chi connectivity index (χ0) is 14.8. The second kappa shape index (κ2) is 6.09. The maximum absolute atomic E-state index is 12.5. The molecule has 2 rings (SSSR count). The molecule has 1 aliphatic carbocycles. The number of Topliss-reactive ketones (excluding diaryl/α,β-unsaturated/α-hetero) is 1. The van der Waals surface area contributed by atoms with Crippen molar-refractivity contribution in [3.05, 3.63) is 35.4 Å². The molecule has 20 heavy (non-hydrogen) atoms. The molecule has 1 fully saturated rings. The van der Waals surface area contributed by atoms with Crippen LogP contribution in [0, 0.1) is 5.41 Å². The highest BCUT2D eigenvalue weighted by molar-refractivity contribution is 5.98. The smallest absolute Gasteiger partial charge is 0.164 e. The van der Waals surface area contributed by atoms with Crippen molar-refractivity contribution in [1.29, 1.82) is 0 Å². The highest BCUT2D eigenvalue weighted by Crippen LogP contribution is 2.38. The summed E-state index contributed by atoms with van der Waals surface area (Å²) in [4.78, 5) is 12.5. The van der Waals surface area contributed by atoms with Crippen molar-refractivity contribution in [1.82, 2.24) is 0 Å². The van der Waals surface area contributed by atoms with Gasteiger partial charge in [-0.25, -0.2) is 0 Å². The van der Waals surface area contributed by atoms with Gasteiger partial charge in [-0.3, -0.25) is 4.79 Å². The Hall–Kier alpha value is -1.15. The van der Waals surface area contributed by atoms with Crippen molar-refractivity contribution in [3.8, 4) is 0 Å². The first kappa shape index (κ1) is 15.2. The van der Waals surface area contributed by atoms with Gasteiger partial charge >= 0.3 is 0 Å². The molecule has 0 aromatic heterocycles. The number of ketones is 1. The number of carbonyl (C=O) groups excluding carboxylic acids is 1. The van der Waals surface area contributed by atoms with Gasteiger partial charge in [0.25, 0.3) is 0 Å². The quantitative estimate of drug-likeness (QED) is 0.813. The van der Waals surface area contributed by atoms with Gasteiger partial charge in [0, 0.05) is 18.0 Å². The molecule has 1 unspecified atom stereocenters. The van der Waals surface area contributed by atoms with Crippen LogP contribution in [0.4, 0.5) is 0 Å². The normalized spacial score (nSPS) is 17.6. The van der Waals surface area contributed by atoms with Crippen molar-refractivity contribution in [3.63, 3.8) is 0 Å². The summed E-state index contributed by atoms with van der Waals surface area (Å²) in [5.74, 6) is 0.804. The van der Waals surface area contributed by atoms with E-state index in [-0.39, 0.29) is 17.2 Å². The predicted octanol–water partition coefficient (Wildman–Crippen LogP) is 4.29. The van der Waals surface area contributed by atoms with E-state index in [2.05, 4.69) is 26.8 Å². The lowest BCUT2D eigenvalue weighted by molar-refractivity contribution is 0.0966. The maximum atomic E-state index is 12.5. The largest absolute Gasteiger partial charge is 0.327 e. The Morgan fingerprint density at radius 1 is 1.30 bits per heavy atom. The Balaban J connectivity index is 2.05. The Morgan fingerprint density at radius 2 is 1.95 bits per heavy atom. The van der Waals surface area contributed by atoms with E-state index in [1.54, 1.807) is 0 Å². The van der Waals surface area contributed by atoms with Crippen LogP contribution in [0.15, 0.2) is 24.3 Å². The van der Waals surface area contributed by atoms with E-state index in [9.17, 15) is 4.79 Å². The second-order valence-corrected chi connectivity index (χ2v) is 7.37. The molecule has 1 atom stereocenters. The summed E-state index contributed by atoms with van der Waals surface area (Å²) in [6.07, 6.45) is 5.07. The molecule has 0 spiro atoms. The molecule has 0 saturated heterocycles. The Bertz CT molecular complexity index is 469. The zero-order valence-electron chi connectivity index (χ0n) is 13.0. The zero-order valence-corrected chi connectivity index (χ0v) is 13.0. The highest BCUT2D eigenvalue weighted by Gasteiger charge is 2.25. The molecule has 0 heterocycles. The van der Waals surface area contributed by atoms with E-state index in [1.165, 1.54) is 24.8 Å². The first-order valence-electron chi connectivity index (χ1n) is 7.74. The van der Waals surface area contributed by atoms with Gasteiger partial charge in [0.2, 0.25) is 0 Å². The molecule has 1 aliphatic rings. The number of rotatable bonds is 5. The fourth-order valence-corrected chi connectivity index (χ4v) is 3.03. The van der Waals surface area contributed by atoms with Crippen LogP contribution in [-0.4, -0.2) is 11.8 Å². The first-order chi connectivity index (χ1) is 9.37. The van der Waals surface area contributed by atoms with Gasteiger partial charge in [-0.1, -0.05) is 51.5 Å². The second-order valence-electron chi connectivity index (χ2n) is 7.37. The minimum Gasteiger partial charge on any atom is -0.327 e. The molecule has 2 N–H and O–H groups in total. The number of benzene rings is 1.